The molecule has 3 aromatic carbocycles. The summed E-state index contributed by atoms with van der Waals surface area (Å²) in [6.07, 6.45) is 7.00. The molecule has 0 saturated carbocycles. The molecule has 1 atom stereocenters. The van der Waals surface area contributed by atoms with Crippen molar-refractivity contribution in [2.24, 2.45) is 0 Å². The van der Waals surface area contributed by atoms with Crippen LogP contribution in [0.4, 0.5) is 5.82 Å². The average molecular weight is 534 g/mol. The van der Waals surface area contributed by atoms with E-state index in [0.29, 0.717) is 44.0 Å². The quantitative estimate of drug-likeness (QED) is 0.278. The zero-order valence-corrected chi connectivity index (χ0v) is 21.1. The summed E-state index contributed by atoms with van der Waals surface area (Å²) >= 11 is 6.36. The molecule has 6 aromatic rings. The normalized spacial score (nSPS) is 12.0. The van der Waals surface area contributed by atoms with Crippen molar-refractivity contribution in [2.75, 3.05) is 5.73 Å². The molecule has 0 bridgehead atoms. The molecule has 6 rings (SSSR count). The number of anilines is 1. The Bertz CT molecular complexity index is 1970. The van der Waals surface area contributed by atoms with Gasteiger partial charge in [0.2, 0.25) is 0 Å². The van der Waals surface area contributed by atoms with Gasteiger partial charge in [0.25, 0.3) is 5.56 Å². The van der Waals surface area contributed by atoms with E-state index in [0.717, 1.165) is 11.1 Å². The lowest BCUT2D eigenvalue weighted by Crippen LogP contribution is -2.20. The zero-order valence-electron chi connectivity index (χ0n) is 20.3. The fraction of sp³-hybridized carbons (Fsp3) is 0.0690. The third-order valence-electron chi connectivity index (χ3n) is 6.54. The molecule has 10 heteroatoms. The molecule has 0 aliphatic rings. The van der Waals surface area contributed by atoms with Gasteiger partial charge in [-0.25, -0.2) is 19.6 Å². The number of hydrogen-bond acceptors (Lipinski definition) is 7. The predicted octanol–water partition coefficient (Wildman–Crippen LogP) is 4.48. The standard InChI is InChI=1S/C29H20ClN7O2/c1-2-16-5-4-8-22-23(16)29(39)35-27(34-22)21(18-6-3-7-19(30)13-18)14-37-28-24(26(31)32-15-33-28)25(36-37)17-9-11-20(38)12-10-17/h1,3-13,15,21,38H,14H2,(H2,31,32,33)(H,34,35,39). The van der Waals surface area contributed by atoms with Gasteiger partial charge in [-0.2, -0.15) is 5.10 Å². The number of aromatic nitrogens is 6. The summed E-state index contributed by atoms with van der Waals surface area (Å²) in [5, 5.41) is 16.1. The van der Waals surface area contributed by atoms with Gasteiger partial charge in [0.05, 0.1) is 28.8 Å². The largest absolute Gasteiger partial charge is 0.508 e. The topological polar surface area (TPSA) is 136 Å². The number of terminal acetylenes is 1. The second-order valence-electron chi connectivity index (χ2n) is 8.94. The summed E-state index contributed by atoms with van der Waals surface area (Å²) < 4.78 is 1.71. The Morgan fingerprint density at radius 1 is 1.08 bits per heavy atom. The fourth-order valence-corrected chi connectivity index (χ4v) is 4.92. The highest BCUT2D eigenvalue weighted by molar-refractivity contribution is 6.30. The molecule has 0 saturated heterocycles. The van der Waals surface area contributed by atoms with Crippen molar-refractivity contribution >= 4 is 39.4 Å². The summed E-state index contributed by atoms with van der Waals surface area (Å²) in [4.78, 5) is 29.6. The Morgan fingerprint density at radius 2 is 1.87 bits per heavy atom. The van der Waals surface area contributed by atoms with Crippen LogP contribution in [0, 0.1) is 12.3 Å². The van der Waals surface area contributed by atoms with Crippen molar-refractivity contribution in [1.29, 1.82) is 0 Å². The number of hydrogen-bond donors (Lipinski definition) is 3. The van der Waals surface area contributed by atoms with Crippen LogP contribution in [-0.2, 0) is 6.54 Å². The average Bonchev–Trinajstić information content (AvgIpc) is 3.31. The minimum absolute atomic E-state index is 0.132. The lowest BCUT2D eigenvalue weighted by molar-refractivity contribution is 0.475. The smallest absolute Gasteiger partial charge is 0.260 e. The van der Waals surface area contributed by atoms with Crippen LogP contribution < -0.4 is 11.3 Å². The van der Waals surface area contributed by atoms with Crippen LogP contribution >= 0.6 is 11.6 Å². The Kier molecular flexibility index (Phi) is 5.94. The van der Waals surface area contributed by atoms with Gasteiger partial charge in [-0.1, -0.05) is 35.7 Å². The molecular formula is C29H20ClN7O2. The highest BCUT2D eigenvalue weighted by Gasteiger charge is 2.24. The summed E-state index contributed by atoms with van der Waals surface area (Å²) in [6.45, 7) is 0.245. The first-order valence-corrected chi connectivity index (χ1v) is 12.3. The molecule has 9 nitrogen and oxygen atoms in total. The van der Waals surface area contributed by atoms with Crippen molar-refractivity contribution < 1.29 is 5.11 Å². The number of phenolic OH excluding ortho intramolecular Hbond substituents is 1. The minimum Gasteiger partial charge on any atom is -0.508 e. The first-order valence-electron chi connectivity index (χ1n) is 11.9. The Hall–Kier alpha value is -5.20. The van der Waals surface area contributed by atoms with Gasteiger partial charge >= 0.3 is 0 Å². The number of nitrogens with one attached hydrogen (secondary N) is 1. The minimum atomic E-state index is -0.470. The number of aromatic amines is 1. The number of nitrogen functional groups attached to an aromatic ring is 1. The van der Waals surface area contributed by atoms with Crippen LogP contribution in [0.3, 0.4) is 0 Å². The first kappa shape index (κ1) is 24.2. The van der Waals surface area contributed by atoms with E-state index in [1.165, 1.54) is 6.33 Å². The highest BCUT2D eigenvalue weighted by atomic mass is 35.5. The summed E-state index contributed by atoms with van der Waals surface area (Å²) in [5.74, 6) is 2.90. The molecule has 1 unspecified atom stereocenters. The van der Waals surface area contributed by atoms with E-state index in [-0.39, 0.29) is 23.7 Å². The van der Waals surface area contributed by atoms with E-state index >= 15 is 0 Å². The number of nitrogens with two attached hydrogens (primary N) is 1. The highest BCUT2D eigenvalue weighted by Crippen LogP contribution is 2.33. The molecule has 190 valence electrons. The molecule has 0 fully saturated rings. The van der Waals surface area contributed by atoms with Crippen molar-refractivity contribution in [2.45, 2.75) is 12.5 Å². The number of halogens is 1. The van der Waals surface area contributed by atoms with E-state index in [1.807, 2.05) is 18.2 Å². The molecule has 4 N–H and O–H groups in total. The Labute approximate surface area is 227 Å². The lowest BCUT2D eigenvalue weighted by Gasteiger charge is -2.18. The zero-order chi connectivity index (χ0) is 27.1. The van der Waals surface area contributed by atoms with Gasteiger partial charge < -0.3 is 15.8 Å². The SMILES string of the molecule is C#Cc1cccc2nc(C(Cn3nc(-c4ccc(O)cc4)c4c(N)ncnc43)c3cccc(Cl)c3)[nH]c(=O)c12. The second kappa shape index (κ2) is 9.59. The predicted molar refractivity (Wildman–Crippen MR) is 150 cm³/mol. The molecule has 0 radical (unpaired) electrons. The lowest BCUT2D eigenvalue weighted by atomic mass is 9.97. The van der Waals surface area contributed by atoms with Crippen LogP contribution in [0.25, 0.3) is 33.2 Å². The number of rotatable bonds is 5. The van der Waals surface area contributed by atoms with Crippen LogP contribution in [0.15, 0.2) is 77.9 Å². The maximum absolute atomic E-state index is 13.2. The van der Waals surface area contributed by atoms with E-state index in [2.05, 4.69) is 20.9 Å². The number of benzene rings is 3. The third kappa shape index (κ3) is 4.33. The van der Waals surface area contributed by atoms with Crippen LogP contribution in [-0.4, -0.2) is 34.8 Å². The number of H-pyrrole nitrogens is 1. The van der Waals surface area contributed by atoms with Crippen molar-refractivity contribution in [3.8, 4) is 29.4 Å². The van der Waals surface area contributed by atoms with E-state index in [1.54, 1.807) is 53.2 Å². The summed E-state index contributed by atoms with van der Waals surface area (Å²) in [5.41, 5.74) is 9.51. The molecule has 0 spiro atoms. The Morgan fingerprint density at radius 3 is 2.64 bits per heavy atom. The van der Waals surface area contributed by atoms with Crippen LogP contribution in [0.1, 0.15) is 22.9 Å². The fourth-order valence-electron chi connectivity index (χ4n) is 4.72. The first-order chi connectivity index (χ1) is 18.9. The third-order valence-corrected chi connectivity index (χ3v) is 6.78. The van der Waals surface area contributed by atoms with Gasteiger partial charge in [0.1, 0.15) is 29.4 Å². The summed E-state index contributed by atoms with van der Waals surface area (Å²) in [7, 11) is 0. The second-order valence-corrected chi connectivity index (χ2v) is 9.37. The molecule has 0 amide bonds. The van der Waals surface area contributed by atoms with Gasteiger partial charge in [0.15, 0.2) is 5.65 Å². The van der Waals surface area contributed by atoms with Crippen LogP contribution in [0.5, 0.6) is 5.75 Å². The van der Waals surface area contributed by atoms with Gasteiger partial charge in [-0.05, 0) is 54.1 Å². The van der Waals surface area contributed by atoms with Crippen molar-refractivity contribution in [1.82, 2.24) is 29.7 Å². The molecule has 0 aliphatic heterocycles. The van der Waals surface area contributed by atoms with Gasteiger partial charge in [-0.15, -0.1) is 6.42 Å². The van der Waals surface area contributed by atoms with Crippen molar-refractivity contribution in [3.63, 3.8) is 0 Å². The Balaban J connectivity index is 1.55. The number of aromatic hydroxyl groups is 1. The summed E-state index contributed by atoms with van der Waals surface area (Å²) in [6, 6.07) is 19.2. The van der Waals surface area contributed by atoms with Gasteiger partial charge in [0, 0.05) is 16.1 Å². The monoisotopic (exact) mass is 533 g/mol. The van der Waals surface area contributed by atoms with Gasteiger partial charge in [-0.3, -0.25) is 4.79 Å². The van der Waals surface area contributed by atoms with E-state index < -0.39 is 5.92 Å². The number of fused-ring (bicyclic) bond motifs is 2. The maximum atomic E-state index is 13.2. The van der Waals surface area contributed by atoms with E-state index in [9.17, 15) is 9.90 Å². The molecule has 0 aliphatic carbocycles. The number of nitrogens with zero attached hydrogens (tertiary/aromatic N) is 5. The number of phenols is 1. The maximum Gasteiger partial charge on any atom is 0.260 e. The molecule has 39 heavy (non-hydrogen) atoms. The molecular weight excluding hydrogens is 514 g/mol. The van der Waals surface area contributed by atoms with E-state index in [4.69, 9.17) is 33.8 Å². The molecule has 3 aromatic heterocycles. The van der Waals surface area contributed by atoms with Crippen molar-refractivity contribution in [3.05, 3.63) is 105 Å². The molecule has 3 heterocycles. The van der Waals surface area contributed by atoms with Crippen LogP contribution in [0.2, 0.25) is 5.02 Å².